The van der Waals surface area contributed by atoms with E-state index in [1.807, 2.05) is 19.1 Å². The Hall–Kier alpha value is -3.62. The van der Waals surface area contributed by atoms with E-state index in [9.17, 15) is 26.7 Å². The summed E-state index contributed by atoms with van der Waals surface area (Å²) in [5.74, 6) is -0.0437. The molecule has 0 aliphatic heterocycles. The van der Waals surface area contributed by atoms with E-state index in [1.54, 1.807) is 13.0 Å². The fraction of sp³-hybridized carbons (Fsp3) is 0.345. The van der Waals surface area contributed by atoms with Crippen molar-refractivity contribution in [3.8, 4) is 22.6 Å². The molecule has 0 heterocycles. The van der Waals surface area contributed by atoms with Gasteiger partial charge in [0.05, 0.1) is 18.3 Å². The number of halogens is 5. The Morgan fingerprint density at radius 1 is 1.00 bits per heavy atom. The van der Waals surface area contributed by atoms with Crippen molar-refractivity contribution >= 4 is 5.97 Å². The maximum absolute atomic E-state index is 13.3. The van der Waals surface area contributed by atoms with Gasteiger partial charge in [-0.25, -0.2) is 8.78 Å². The van der Waals surface area contributed by atoms with Gasteiger partial charge in [0.15, 0.2) is 0 Å². The van der Waals surface area contributed by atoms with Crippen LogP contribution in [0.25, 0.3) is 11.1 Å². The third kappa shape index (κ3) is 7.94. The first-order valence-corrected chi connectivity index (χ1v) is 12.2. The molecule has 4 nitrogen and oxygen atoms in total. The predicted molar refractivity (Wildman–Crippen MR) is 134 cm³/mol. The summed E-state index contributed by atoms with van der Waals surface area (Å²) >= 11 is 0. The lowest BCUT2D eigenvalue weighted by Crippen LogP contribution is -2.16. The van der Waals surface area contributed by atoms with Crippen LogP contribution in [0.5, 0.6) is 11.5 Å². The fourth-order valence-corrected chi connectivity index (χ4v) is 4.00. The van der Waals surface area contributed by atoms with E-state index < -0.39 is 30.2 Å². The van der Waals surface area contributed by atoms with Gasteiger partial charge in [-0.15, -0.1) is 0 Å². The summed E-state index contributed by atoms with van der Waals surface area (Å²) in [7, 11) is 0. The van der Waals surface area contributed by atoms with Crippen molar-refractivity contribution in [3.63, 3.8) is 0 Å². The molecule has 0 bridgehead atoms. The molecule has 0 aliphatic rings. The lowest BCUT2D eigenvalue weighted by molar-refractivity contribution is -0.138. The first-order valence-electron chi connectivity index (χ1n) is 12.2. The molecule has 0 radical (unpaired) electrons. The fourth-order valence-electron chi connectivity index (χ4n) is 4.00. The SMILES string of the molecule is CCc1cc(OCC[C@@H](C)Oc2ccc(C(F)F)cc2-c2cccc(C(F)(F)F)c2)ccc1CCC(=O)O. The van der Waals surface area contributed by atoms with Crippen LogP contribution in [0.4, 0.5) is 22.0 Å². The molecular weight excluding hydrogens is 507 g/mol. The molecule has 0 spiro atoms. The molecule has 0 fully saturated rings. The maximum atomic E-state index is 13.3. The molecule has 3 aromatic rings. The summed E-state index contributed by atoms with van der Waals surface area (Å²) in [5, 5.41) is 8.92. The summed E-state index contributed by atoms with van der Waals surface area (Å²) in [6.07, 6.45) is -6.18. The van der Waals surface area contributed by atoms with Crippen LogP contribution in [0.2, 0.25) is 0 Å². The van der Waals surface area contributed by atoms with Crippen molar-refractivity contribution in [1.82, 2.24) is 0 Å². The van der Waals surface area contributed by atoms with Gasteiger partial charge in [-0.05, 0) is 78.9 Å². The van der Waals surface area contributed by atoms with Crippen LogP contribution in [0.1, 0.15) is 55.4 Å². The molecule has 1 atom stereocenters. The van der Waals surface area contributed by atoms with E-state index in [2.05, 4.69) is 0 Å². The number of aryl methyl sites for hydroxylation is 2. The Morgan fingerprint density at radius 2 is 1.76 bits per heavy atom. The molecule has 0 unspecified atom stereocenters. The average Bonchev–Trinajstić information content (AvgIpc) is 2.87. The van der Waals surface area contributed by atoms with Crippen LogP contribution >= 0.6 is 0 Å². The predicted octanol–water partition coefficient (Wildman–Crippen LogP) is 8.13. The molecule has 1 N–H and O–H groups in total. The molecule has 0 amide bonds. The van der Waals surface area contributed by atoms with Crippen LogP contribution < -0.4 is 9.47 Å². The minimum atomic E-state index is -4.58. The average molecular weight is 537 g/mol. The lowest BCUT2D eigenvalue weighted by Gasteiger charge is -2.19. The molecule has 0 aromatic heterocycles. The summed E-state index contributed by atoms with van der Waals surface area (Å²) in [6.45, 7) is 4.00. The van der Waals surface area contributed by atoms with E-state index in [1.165, 1.54) is 24.3 Å². The number of ether oxygens (including phenoxy) is 2. The minimum Gasteiger partial charge on any atom is -0.493 e. The Kier molecular flexibility index (Phi) is 9.72. The number of hydrogen-bond donors (Lipinski definition) is 1. The van der Waals surface area contributed by atoms with Crippen molar-refractivity contribution in [2.75, 3.05) is 6.61 Å². The van der Waals surface area contributed by atoms with Gasteiger partial charge in [-0.1, -0.05) is 25.1 Å². The number of benzene rings is 3. The van der Waals surface area contributed by atoms with E-state index in [0.29, 0.717) is 18.6 Å². The van der Waals surface area contributed by atoms with E-state index in [0.717, 1.165) is 35.7 Å². The highest BCUT2D eigenvalue weighted by Gasteiger charge is 2.30. The van der Waals surface area contributed by atoms with Gasteiger partial charge in [-0.2, -0.15) is 13.2 Å². The second-order valence-electron chi connectivity index (χ2n) is 8.88. The van der Waals surface area contributed by atoms with Gasteiger partial charge in [0.1, 0.15) is 11.5 Å². The zero-order valence-corrected chi connectivity index (χ0v) is 21.0. The second kappa shape index (κ2) is 12.8. The summed E-state index contributed by atoms with van der Waals surface area (Å²) < 4.78 is 78.2. The molecule has 38 heavy (non-hydrogen) atoms. The highest BCUT2D eigenvalue weighted by molar-refractivity contribution is 5.72. The number of hydrogen-bond acceptors (Lipinski definition) is 3. The van der Waals surface area contributed by atoms with Crippen LogP contribution in [0.3, 0.4) is 0 Å². The third-order valence-corrected chi connectivity index (χ3v) is 6.04. The van der Waals surface area contributed by atoms with Crippen LogP contribution in [0.15, 0.2) is 60.7 Å². The molecule has 9 heteroatoms. The zero-order chi connectivity index (χ0) is 27.9. The minimum absolute atomic E-state index is 0.0445. The number of rotatable bonds is 12. The first kappa shape index (κ1) is 28.9. The smallest absolute Gasteiger partial charge is 0.416 e. The highest BCUT2D eigenvalue weighted by Crippen LogP contribution is 2.38. The number of aliphatic carboxylic acids is 1. The van der Waals surface area contributed by atoms with Crippen LogP contribution in [-0.4, -0.2) is 23.8 Å². The normalized spacial score (nSPS) is 12.4. The Morgan fingerprint density at radius 3 is 2.42 bits per heavy atom. The summed E-state index contributed by atoms with van der Waals surface area (Å²) in [6, 6.07) is 13.7. The Balaban J connectivity index is 1.70. The second-order valence-corrected chi connectivity index (χ2v) is 8.88. The molecule has 3 rings (SSSR count). The van der Waals surface area contributed by atoms with Gasteiger partial charge in [0, 0.05) is 24.0 Å². The van der Waals surface area contributed by atoms with Crippen LogP contribution in [-0.2, 0) is 23.8 Å². The standard InChI is InChI=1S/C29H29F5O4/c1-3-19-16-24(10-7-20(19)9-12-27(35)36)37-14-13-18(2)38-26-11-8-22(28(30)31)17-25(26)21-5-4-6-23(15-21)29(32,33)34/h4-8,10-11,15-18,28H,3,9,12-14H2,1-2H3,(H,35,36)/t18-/m1/s1. The quantitative estimate of drug-likeness (QED) is 0.238. The van der Waals surface area contributed by atoms with Crippen molar-refractivity contribution in [2.24, 2.45) is 0 Å². The monoisotopic (exact) mass is 536 g/mol. The van der Waals surface area contributed by atoms with Gasteiger partial charge in [0.25, 0.3) is 6.43 Å². The number of carbonyl (C=O) groups is 1. The molecule has 0 aliphatic carbocycles. The molecule has 0 saturated carbocycles. The Labute approximate surface area is 218 Å². The van der Waals surface area contributed by atoms with E-state index >= 15 is 0 Å². The van der Waals surface area contributed by atoms with Crippen LogP contribution in [0, 0.1) is 0 Å². The molecule has 3 aromatic carbocycles. The van der Waals surface area contributed by atoms with Crippen molar-refractivity contribution < 1.29 is 41.3 Å². The zero-order valence-electron chi connectivity index (χ0n) is 21.0. The van der Waals surface area contributed by atoms with Gasteiger partial charge in [-0.3, -0.25) is 4.79 Å². The summed E-state index contributed by atoms with van der Waals surface area (Å²) in [5.41, 5.74) is 1.01. The van der Waals surface area contributed by atoms with Gasteiger partial charge >= 0.3 is 12.1 Å². The third-order valence-electron chi connectivity index (χ3n) is 6.04. The molecule has 204 valence electrons. The van der Waals surface area contributed by atoms with E-state index in [-0.39, 0.29) is 35.5 Å². The van der Waals surface area contributed by atoms with Gasteiger partial charge in [0.2, 0.25) is 0 Å². The lowest BCUT2D eigenvalue weighted by atomic mass is 9.99. The molecule has 0 saturated heterocycles. The molecular formula is C29H29F5O4. The topological polar surface area (TPSA) is 55.8 Å². The number of carboxylic acids is 1. The Bertz CT molecular complexity index is 1240. The highest BCUT2D eigenvalue weighted by atomic mass is 19.4. The largest absolute Gasteiger partial charge is 0.493 e. The first-order chi connectivity index (χ1) is 18.0. The summed E-state index contributed by atoms with van der Waals surface area (Å²) in [4.78, 5) is 10.9. The number of carboxylic acid groups (broad SMARTS) is 1. The van der Waals surface area contributed by atoms with Crippen molar-refractivity contribution in [2.45, 2.75) is 58.2 Å². The van der Waals surface area contributed by atoms with Gasteiger partial charge < -0.3 is 14.6 Å². The van der Waals surface area contributed by atoms with Crippen molar-refractivity contribution in [1.29, 1.82) is 0 Å². The maximum Gasteiger partial charge on any atom is 0.416 e. The van der Waals surface area contributed by atoms with E-state index in [4.69, 9.17) is 14.6 Å². The van der Waals surface area contributed by atoms with Crippen molar-refractivity contribution in [3.05, 3.63) is 82.9 Å². The number of alkyl halides is 5.